The summed E-state index contributed by atoms with van der Waals surface area (Å²) in [5.41, 5.74) is 0. The highest BCUT2D eigenvalue weighted by Gasteiger charge is 2.19. The van der Waals surface area contributed by atoms with E-state index in [-0.39, 0.29) is 6.10 Å². The zero-order chi connectivity index (χ0) is 13.5. The molecule has 0 aliphatic heterocycles. The van der Waals surface area contributed by atoms with Crippen LogP contribution in [0.5, 0.6) is 5.75 Å². The third kappa shape index (κ3) is 5.51. The van der Waals surface area contributed by atoms with Crippen molar-refractivity contribution in [2.24, 2.45) is 5.92 Å². The lowest BCUT2D eigenvalue weighted by atomic mass is 9.87. The standard InChI is InChI=1S/C15H22BrNO2/c16-13-4-2-6-15(10-13)19-8-7-17-11-12-3-1-5-14(18)9-12/h2,4,6,10,12,14,17-18H,1,3,5,7-9,11H2. The van der Waals surface area contributed by atoms with Gasteiger partial charge < -0.3 is 15.2 Å². The molecule has 106 valence electrons. The van der Waals surface area contributed by atoms with Gasteiger partial charge >= 0.3 is 0 Å². The molecule has 0 radical (unpaired) electrons. The zero-order valence-electron chi connectivity index (χ0n) is 11.1. The maximum Gasteiger partial charge on any atom is 0.120 e. The Morgan fingerprint density at radius 2 is 2.26 bits per heavy atom. The molecule has 0 saturated heterocycles. The smallest absolute Gasteiger partial charge is 0.120 e. The number of nitrogens with one attached hydrogen (secondary N) is 1. The van der Waals surface area contributed by atoms with Crippen molar-refractivity contribution in [3.8, 4) is 5.75 Å². The van der Waals surface area contributed by atoms with E-state index in [1.54, 1.807) is 0 Å². The Bertz CT molecular complexity index is 386. The Hall–Kier alpha value is -0.580. The number of aliphatic hydroxyl groups is 1. The van der Waals surface area contributed by atoms with Gasteiger partial charge in [0.1, 0.15) is 12.4 Å². The van der Waals surface area contributed by atoms with Crippen LogP contribution in [0.2, 0.25) is 0 Å². The Kier molecular flexibility index (Phi) is 6.14. The number of aliphatic hydroxyl groups excluding tert-OH is 1. The molecule has 0 spiro atoms. The molecule has 1 saturated carbocycles. The molecule has 0 aromatic heterocycles. The SMILES string of the molecule is OC1CCCC(CNCCOc2cccc(Br)c2)C1. The van der Waals surface area contributed by atoms with E-state index in [0.29, 0.717) is 12.5 Å². The lowest BCUT2D eigenvalue weighted by Crippen LogP contribution is -2.31. The minimum Gasteiger partial charge on any atom is -0.492 e. The molecule has 1 fully saturated rings. The molecule has 0 bridgehead atoms. The molecule has 3 nitrogen and oxygen atoms in total. The minimum atomic E-state index is -0.0848. The van der Waals surface area contributed by atoms with Gasteiger partial charge in [0.05, 0.1) is 6.10 Å². The Labute approximate surface area is 123 Å². The van der Waals surface area contributed by atoms with Gasteiger partial charge in [-0.15, -0.1) is 0 Å². The molecule has 1 aliphatic rings. The molecular formula is C15H22BrNO2. The molecule has 0 heterocycles. The van der Waals surface area contributed by atoms with E-state index in [1.165, 1.54) is 6.42 Å². The van der Waals surface area contributed by atoms with Crippen LogP contribution in [-0.4, -0.2) is 30.9 Å². The second-order valence-electron chi connectivity index (χ2n) is 5.20. The molecular weight excluding hydrogens is 306 g/mol. The Morgan fingerprint density at radius 1 is 1.37 bits per heavy atom. The van der Waals surface area contributed by atoms with E-state index in [2.05, 4.69) is 21.2 Å². The van der Waals surface area contributed by atoms with Gasteiger partial charge in [-0.2, -0.15) is 0 Å². The maximum atomic E-state index is 9.60. The van der Waals surface area contributed by atoms with Crippen molar-refractivity contribution in [2.45, 2.75) is 31.8 Å². The molecule has 1 aliphatic carbocycles. The fraction of sp³-hybridized carbons (Fsp3) is 0.600. The third-order valence-corrected chi connectivity index (χ3v) is 4.03. The van der Waals surface area contributed by atoms with E-state index in [1.807, 2.05) is 24.3 Å². The fourth-order valence-electron chi connectivity index (χ4n) is 2.55. The summed E-state index contributed by atoms with van der Waals surface area (Å²) in [6.07, 6.45) is 4.22. The second-order valence-corrected chi connectivity index (χ2v) is 6.11. The van der Waals surface area contributed by atoms with Gasteiger partial charge in [0, 0.05) is 11.0 Å². The summed E-state index contributed by atoms with van der Waals surface area (Å²) in [5.74, 6) is 1.51. The number of hydrogen-bond donors (Lipinski definition) is 2. The number of halogens is 1. The van der Waals surface area contributed by atoms with E-state index in [9.17, 15) is 5.11 Å². The Balaban J connectivity index is 1.57. The quantitative estimate of drug-likeness (QED) is 0.789. The van der Waals surface area contributed by atoms with E-state index in [0.717, 1.165) is 42.6 Å². The highest BCUT2D eigenvalue weighted by Crippen LogP contribution is 2.23. The Morgan fingerprint density at radius 3 is 3.05 bits per heavy atom. The molecule has 2 atom stereocenters. The van der Waals surface area contributed by atoms with Gasteiger partial charge in [-0.1, -0.05) is 28.4 Å². The summed E-state index contributed by atoms with van der Waals surface area (Å²) in [7, 11) is 0. The summed E-state index contributed by atoms with van der Waals surface area (Å²) >= 11 is 3.42. The second kappa shape index (κ2) is 7.88. The van der Waals surface area contributed by atoms with Crippen LogP contribution in [0, 0.1) is 5.92 Å². The van der Waals surface area contributed by atoms with Gasteiger partial charge in [0.2, 0.25) is 0 Å². The van der Waals surface area contributed by atoms with Crippen LogP contribution in [0.25, 0.3) is 0 Å². The summed E-state index contributed by atoms with van der Waals surface area (Å²) in [6.45, 7) is 2.50. The molecule has 19 heavy (non-hydrogen) atoms. The van der Waals surface area contributed by atoms with Crippen molar-refractivity contribution >= 4 is 15.9 Å². The highest BCUT2D eigenvalue weighted by molar-refractivity contribution is 9.10. The van der Waals surface area contributed by atoms with Crippen molar-refractivity contribution in [1.29, 1.82) is 0 Å². The molecule has 1 aromatic carbocycles. The third-order valence-electron chi connectivity index (χ3n) is 3.53. The lowest BCUT2D eigenvalue weighted by molar-refractivity contribution is 0.100. The monoisotopic (exact) mass is 327 g/mol. The number of ether oxygens (including phenoxy) is 1. The van der Waals surface area contributed by atoms with E-state index < -0.39 is 0 Å². The molecule has 1 aromatic rings. The van der Waals surface area contributed by atoms with E-state index >= 15 is 0 Å². The summed E-state index contributed by atoms with van der Waals surface area (Å²) in [5, 5.41) is 13.0. The van der Waals surface area contributed by atoms with Crippen LogP contribution in [0.1, 0.15) is 25.7 Å². The van der Waals surface area contributed by atoms with Gasteiger partial charge in [-0.3, -0.25) is 0 Å². The fourth-order valence-corrected chi connectivity index (χ4v) is 2.93. The van der Waals surface area contributed by atoms with Crippen molar-refractivity contribution in [2.75, 3.05) is 19.7 Å². The van der Waals surface area contributed by atoms with Gasteiger partial charge in [0.25, 0.3) is 0 Å². The summed E-state index contributed by atoms with van der Waals surface area (Å²) < 4.78 is 6.69. The summed E-state index contributed by atoms with van der Waals surface area (Å²) in [6, 6.07) is 7.88. The largest absolute Gasteiger partial charge is 0.492 e. The number of hydrogen-bond acceptors (Lipinski definition) is 3. The van der Waals surface area contributed by atoms with E-state index in [4.69, 9.17) is 4.74 Å². The first-order valence-electron chi connectivity index (χ1n) is 7.01. The van der Waals surface area contributed by atoms with Gasteiger partial charge in [-0.25, -0.2) is 0 Å². The predicted molar refractivity (Wildman–Crippen MR) is 80.5 cm³/mol. The average Bonchev–Trinajstić information content (AvgIpc) is 2.38. The van der Waals surface area contributed by atoms with Crippen LogP contribution in [-0.2, 0) is 0 Å². The summed E-state index contributed by atoms with van der Waals surface area (Å²) in [4.78, 5) is 0. The van der Waals surface area contributed by atoms with Gasteiger partial charge in [0.15, 0.2) is 0 Å². The normalized spacial score (nSPS) is 23.3. The van der Waals surface area contributed by atoms with Gasteiger partial charge in [-0.05, 0) is 49.9 Å². The molecule has 0 amide bonds. The van der Waals surface area contributed by atoms with Crippen LogP contribution < -0.4 is 10.1 Å². The first kappa shape index (κ1) is 14.8. The first-order chi connectivity index (χ1) is 9.24. The zero-order valence-corrected chi connectivity index (χ0v) is 12.7. The maximum absolute atomic E-state index is 9.60. The van der Waals surface area contributed by atoms with Crippen molar-refractivity contribution < 1.29 is 9.84 Å². The lowest BCUT2D eigenvalue weighted by Gasteiger charge is -2.25. The topological polar surface area (TPSA) is 41.5 Å². The van der Waals surface area contributed by atoms with Crippen molar-refractivity contribution in [3.63, 3.8) is 0 Å². The van der Waals surface area contributed by atoms with Crippen molar-refractivity contribution in [3.05, 3.63) is 28.7 Å². The van der Waals surface area contributed by atoms with Crippen LogP contribution in [0.3, 0.4) is 0 Å². The number of benzene rings is 1. The molecule has 2 N–H and O–H groups in total. The average molecular weight is 328 g/mol. The van der Waals surface area contributed by atoms with Crippen LogP contribution >= 0.6 is 15.9 Å². The van der Waals surface area contributed by atoms with Crippen molar-refractivity contribution in [1.82, 2.24) is 5.32 Å². The predicted octanol–water partition coefficient (Wildman–Crippen LogP) is 2.97. The molecule has 4 heteroatoms. The first-order valence-corrected chi connectivity index (χ1v) is 7.80. The molecule has 2 unspecified atom stereocenters. The van der Waals surface area contributed by atoms with Crippen LogP contribution in [0.4, 0.5) is 0 Å². The minimum absolute atomic E-state index is 0.0848. The van der Waals surface area contributed by atoms with Crippen LogP contribution in [0.15, 0.2) is 28.7 Å². The number of rotatable bonds is 6. The molecule has 2 rings (SSSR count). The highest BCUT2D eigenvalue weighted by atomic mass is 79.9.